The van der Waals surface area contributed by atoms with Crippen molar-refractivity contribution in [1.82, 2.24) is 4.57 Å². The molecule has 4 nitrogen and oxygen atoms in total. The van der Waals surface area contributed by atoms with E-state index >= 15 is 0 Å². The third-order valence-corrected chi connectivity index (χ3v) is 5.24. The zero-order valence-electron chi connectivity index (χ0n) is 16.1. The molecule has 0 bridgehead atoms. The Morgan fingerprint density at radius 2 is 1.73 bits per heavy atom. The van der Waals surface area contributed by atoms with E-state index in [-0.39, 0.29) is 11.7 Å². The quantitative estimate of drug-likeness (QED) is 0.461. The predicted octanol–water partition coefficient (Wildman–Crippen LogP) is 5.35. The maximum atomic E-state index is 13.0. The molecular weight excluding hydrogens is 379 g/mol. The van der Waals surface area contributed by atoms with E-state index in [4.69, 9.17) is 4.74 Å². The Bertz CT molecular complexity index is 1270. The van der Waals surface area contributed by atoms with E-state index in [2.05, 4.69) is 22.0 Å². The molecule has 0 saturated carbocycles. The first-order valence-corrected chi connectivity index (χ1v) is 9.78. The zero-order chi connectivity index (χ0) is 20.5. The second-order valence-electron chi connectivity index (χ2n) is 7.16. The highest BCUT2D eigenvalue weighted by Gasteiger charge is 2.23. The van der Waals surface area contributed by atoms with Crippen LogP contribution in [0.2, 0.25) is 0 Å². The third-order valence-electron chi connectivity index (χ3n) is 5.24. The molecule has 0 unspecified atom stereocenters. The van der Waals surface area contributed by atoms with Crippen LogP contribution in [-0.4, -0.2) is 17.1 Å². The molecule has 148 valence electrons. The number of fused-ring (bicyclic) bond motifs is 2. The molecule has 1 aliphatic rings. The van der Waals surface area contributed by atoms with Crippen LogP contribution < -0.4 is 10.1 Å². The summed E-state index contributed by atoms with van der Waals surface area (Å²) in [7, 11) is 0. The molecule has 3 aromatic carbocycles. The molecule has 0 atom stereocenters. The summed E-state index contributed by atoms with van der Waals surface area (Å²) >= 11 is 0. The summed E-state index contributed by atoms with van der Waals surface area (Å²) in [5.41, 5.74) is 4.47. The molecule has 4 aromatic rings. The van der Waals surface area contributed by atoms with E-state index in [0.717, 1.165) is 27.7 Å². The lowest BCUT2D eigenvalue weighted by Crippen LogP contribution is -2.07. The van der Waals surface area contributed by atoms with Gasteiger partial charge >= 0.3 is 0 Å². The smallest absolute Gasteiger partial charge is 0.256 e. The number of carbonyl (C=O) groups is 1. The van der Waals surface area contributed by atoms with Gasteiger partial charge in [-0.1, -0.05) is 36.4 Å². The van der Waals surface area contributed by atoms with E-state index in [1.807, 2.05) is 48.7 Å². The molecule has 1 amide bonds. The first-order chi connectivity index (χ1) is 14.7. The highest BCUT2D eigenvalue weighted by molar-refractivity contribution is 6.35. The van der Waals surface area contributed by atoms with Gasteiger partial charge in [-0.2, -0.15) is 0 Å². The number of aromatic nitrogens is 1. The first-order valence-electron chi connectivity index (χ1n) is 9.78. The van der Waals surface area contributed by atoms with Crippen LogP contribution in [-0.2, 0) is 11.3 Å². The molecule has 0 saturated heterocycles. The molecule has 0 fully saturated rings. The summed E-state index contributed by atoms with van der Waals surface area (Å²) < 4.78 is 20.9. The number of nitrogens with one attached hydrogen (secondary N) is 1. The maximum Gasteiger partial charge on any atom is 0.256 e. The van der Waals surface area contributed by atoms with Gasteiger partial charge in [0.2, 0.25) is 0 Å². The molecule has 0 spiro atoms. The summed E-state index contributed by atoms with van der Waals surface area (Å²) in [5.74, 6) is 0.260. The average molecular weight is 398 g/mol. The normalized spacial score (nSPS) is 14.2. The Morgan fingerprint density at radius 1 is 0.967 bits per heavy atom. The maximum absolute atomic E-state index is 13.0. The van der Waals surface area contributed by atoms with Gasteiger partial charge in [0.15, 0.2) is 0 Å². The first kappa shape index (κ1) is 18.2. The molecular formula is C25H19FN2O2. The number of amides is 1. The van der Waals surface area contributed by atoms with Crippen molar-refractivity contribution in [2.75, 3.05) is 11.9 Å². The molecule has 2 heterocycles. The largest absolute Gasteiger partial charge is 0.492 e. The zero-order valence-corrected chi connectivity index (χ0v) is 16.1. The number of ether oxygens (including phenoxy) is 1. The van der Waals surface area contributed by atoms with Crippen LogP contribution in [0.15, 0.2) is 79.0 Å². The van der Waals surface area contributed by atoms with Gasteiger partial charge in [0.05, 0.1) is 6.54 Å². The molecule has 30 heavy (non-hydrogen) atoms. The molecule has 1 N–H and O–H groups in total. The van der Waals surface area contributed by atoms with E-state index < -0.39 is 0 Å². The minimum atomic E-state index is -0.283. The van der Waals surface area contributed by atoms with Gasteiger partial charge < -0.3 is 14.6 Å². The minimum Gasteiger partial charge on any atom is -0.492 e. The molecule has 1 aromatic heterocycles. The topological polar surface area (TPSA) is 43.3 Å². The van der Waals surface area contributed by atoms with E-state index in [1.165, 1.54) is 12.1 Å². The number of hydrogen-bond donors (Lipinski definition) is 1. The minimum absolute atomic E-state index is 0.0901. The van der Waals surface area contributed by atoms with Crippen molar-refractivity contribution >= 4 is 34.1 Å². The van der Waals surface area contributed by atoms with Crippen molar-refractivity contribution in [2.45, 2.75) is 6.54 Å². The lowest BCUT2D eigenvalue weighted by atomic mass is 10.0. The number of halogens is 1. The van der Waals surface area contributed by atoms with Crippen molar-refractivity contribution in [3.63, 3.8) is 0 Å². The SMILES string of the molecule is O=C1Nc2ccccc2C1=Cc1cn(CCOc2ccc(F)cc2)c2ccccc12. The van der Waals surface area contributed by atoms with Gasteiger partial charge in [0, 0.05) is 39.5 Å². The molecule has 5 heteroatoms. The van der Waals surface area contributed by atoms with Crippen molar-refractivity contribution in [3.05, 3.63) is 95.9 Å². The van der Waals surface area contributed by atoms with Gasteiger partial charge in [-0.3, -0.25) is 4.79 Å². The van der Waals surface area contributed by atoms with Crippen molar-refractivity contribution in [3.8, 4) is 5.75 Å². The Labute approximate surface area is 173 Å². The lowest BCUT2D eigenvalue weighted by molar-refractivity contribution is -0.110. The highest BCUT2D eigenvalue weighted by Crippen LogP contribution is 2.34. The van der Waals surface area contributed by atoms with Crippen LogP contribution in [0, 0.1) is 5.82 Å². The van der Waals surface area contributed by atoms with Crippen LogP contribution >= 0.6 is 0 Å². The van der Waals surface area contributed by atoms with Crippen LogP contribution in [0.1, 0.15) is 11.1 Å². The fourth-order valence-electron chi connectivity index (χ4n) is 3.81. The van der Waals surface area contributed by atoms with Gasteiger partial charge in [0.25, 0.3) is 5.91 Å². The summed E-state index contributed by atoms with van der Waals surface area (Å²) in [5, 5.41) is 3.99. The summed E-state index contributed by atoms with van der Waals surface area (Å²) in [4.78, 5) is 12.5. The summed E-state index contributed by atoms with van der Waals surface area (Å²) in [6, 6.07) is 21.8. The fourth-order valence-corrected chi connectivity index (χ4v) is 3.81. The predicted molar refractivity (Wildman–Crippen MR) is 117 cm³/mol. The second-order valence-corrected chi connectivity index (χ2v) is 7.16. The van der Waals surface area contributed by atoms with Gasteiger partial charge in [-0.25, -0.2) is 4.39 Å². The van der Waals surface area contributed by atoms with Crippen LogP contribution in [0.5, 0.6) is 5.75 Å². The monoisotopic (exact) mass is 398 g/mol. The van der Waals surface area contributed by atoms with Crippen molar-refractivity contribution in [1.29, 1.82) is 0 Å². The number of anilines is 1. The third kappa shape index (κ3) is 3.35. The van der Waals surface area contributed by atoms with E-state index in [1.54, 1.807) is 12.1 Å². The number of rotatable bonds is 5. The Morgan fingerprint density at radius 3 is 2.60 bits per heavy atom. The molecule has 0 aliphatic carbocycles. The Hall–Kier alpha value is -3.86. The number of carbonyl (C=O) groups excluding carboxylic acids is 1. The number of hydrogen-bond acceptors (Lipinski definition) is 2. The highest BCUT2D eigenvalue weighted by atomic mass is 19.1. The van der Waals surface area contributed by atoms with Crippen LogP contribution in [0.25, 0.3) is 22.6 Å². The van der Waals surface area contributed by atoms with Gasteiger partial charge in [0.1, 0.15) is 18.2 Å². The van der Waals surface area contributed by atoms with Crippen LogP contribution in [0.4, 0.5) is 10.1 Å². The second kappa shape index (κ2) is 7.52. The van der Waals surface area contributed by atoms with Crippen molar-refractivity contribution in [2.24, 2.45) is 0 Å². The molecule has 5 rings (SSSR count). The van der Waals surface area contributed by atoms with E-state index in [0.29, 0.717) is 24.5 Å². The molecule has 1 aliphatic heterocycles. The average Bonchev–Trinajstić information content (AvgIpc) is 3.27. The summed E-state index contributed by atoms with van der Waals surface area (Å²) in [6.45, 7) is 1.08. The van der Waals surface area contributed by atoms with Gasteiger partial charge in [-0.05, 0) is 42.5 Å². The summed E-state index contributed by atoms with van der Waals surface area (Å²) in [6.07, 6.45) is 3.99. The number of para-hydroxylation sites is 2. The fraction of sp³-hybridized carbons (Fsp3) is 0.0800. The Kier molecular flexibility index (Phi) is 4.56. The van der Waals surface area contributed by atoms with Crippen molar-refractivity contribution < 1.29 is 13.9 Å². The standard InChI is InChI=1S/C25H19FN2O2/c26-18-9-11-19(12-10-18)30-14-13-28-16-17(20-5-2-4-8-24(20)28)15-22-21-6-1-3-7-23(21)27-25(22)29/h1-12,15-16H,13-14H2,(H,27,29). The van der Waals surface area contributed by atoms with E-state index in [9.17, 15) is 9.18 Å². The lowest BCUT2D eigenvalue weighted by Gasteiger charge is -2.08. The number of benzene rings is 3. The number of nitrogens with zero attached hydrogens (tertiary/aromatic N) is 1. The van der Waals surface area contributed by atoms with Crippen LogP contribution in [0.3, 0.4) is 0 Å². The Balaban J connectivity index is 1.44. The molecule has 0 radical (unpaired) electrons. The van der Waals surface area contributed by atoms with Gasteiger partial charge in [-0.15, -0.1) is 0 Å².